The zero-order valence-electron chi connectivity index (χ0n) is 11.1. The second-order valence-corrected chi connectivity index (χ2v) is 4.63. The van der Waals surface area contributed by atoms with Crippen LogP contribution >= 0.6 is 0 Å². The van der Waals surface area contributed by atoms with Crippen LogP contribution in [0, 0.1) is 0 Å². The number of anilines is 1. The minimum absolute atomic E-state index is 0.556. The molecule has 0 amide bonds. The molecule has 4 heteroatoms. The van der Waals surface area contributed by atoms with Gasteiger partial charge in [0, 0.05) is 24.7 Å². The maximum atomic E-state index is 5.64. The van der Waals surface area contributed by atoms with Gasteiger partial charge in [-0.05, 0) is 17.2 Å². The molecular formula is C16H16N4. The molecule has 0 fully saturated rings. The van der Waals surface area contributed by atoms with Gasteiger partial charge >= 0.3 is 0 Å². The predicted octanol–water partition coefficient (Wildman–Crippen LogP) is 2.70. The maximum absolute atomic E-state index is 5.64. The normalized spacial score (nSPS) is 10.7. The highest BCUT2D eigenvalue weighted by molar-refractivity contribution is 5.78. The summed E-state index contributed by atoms with van der Waals surface area (Å²) in [6.07, 6.45) is 1.83. The van der Waals surface area contributed by atoms with E-state index in [9.17, 15) is 0 Å². The summed E-state index contributed by atoms with van der Waals surface area (Å²) in [7, 11) is 0. The molecule has 3 aromatic rings. The van der Waals surface area contributed by atoms with Gasteiger partial charge in [0.15, 0.2) is 0 Å². The second-order valence-electron chi connectivity index (χ2n) is 4.63. The lowest BCUT2D eigenvalue weighted by Crippen LogP contribution is -2.04. The van der Waals surface area contributed by atoms with Crippen molar-refractivity contribution < 1.29 is 0 Å². The molecule has 20 heavy (non-hydrogen) atoms. The smallest absolute Gasteiger partial charge is 0.223 e. The Kier molecular flexibility index (Phi) is 3.56. The van der Waals surface area contributed by atoms with E-state index >= 15 is 0 Å². The lowest BCUT2D eigenvalue weighted by Gasteiger charge is -2.07. The van der Waals surface area contributed by atoms with E-state index in [1.165, 1.54) is 5.56 Å². The number of hydrogen-bond acceptors (Lipinski definition) is 4. The standard InChI is InChI=1S/C16H16N4/c17-9-12-4-3-5-13(8-12)10-18-16-19-11-14-6-1-2-7-15(14)20-16/h1-8,11H,9-10,17H2,(H,18,19,20). The van der Waals surface area contributed by atoms with E-state index in [0.717, 1.165) is 16.5 Å². The molecule has 0 spiro atoms. The summed E-state index contributed by atoms with van der Waals surface area (Å²) in [5.74, 6) is 0.641. The van der Waals surface area contributed by atoms with Crippen LogP contribution in [-0.4, -0.2) is 9.97 Å². The van der Waals surface area contributed by atoms with E-state index in [2.05, 4.69) is 27.4 Å². The summed E-state index contributed by atoms with van der Waals surface area (Å²) in [6, 6.07) is 16.1. The number of nitrogens with two attached hydrogens (primary N) is 1. The number of fused-ring (bicyclic) bond motifs is 1. The lowest BCUT2D eigenvalue weighted by molar-refractivity contribution is 1.03. The van der Waals surface area contributed by atoms with E-state index in [1.807, 2.05) is 42.6 Å². The van der Waals surface area contributed by atoms with E-state index in [-0.39, 0.29) is 0 Å². The van der Waals surface area contributed by atoms with Crippen molar-refractivity contribution in [3.05, 3.63) is 65.9 Å². The van der Waals surface area contributed by atoms with Crippen molar-refractivity contribution in [1.29, 1.82) is 0 Å². The molecule has 100 valence electrons. The first-order chi connectivity index (χ1) is 9.85. The number of nitrogens with zero attached hydrogens (tertiary/aromatic N) is 2. The fraction of sp³-hybridized carbons (Fsp3) is 0.125. The molecule has 3 rings (SSSR count). The molecule has 3 N–H and O–H groups in total. The molecule has 1 heterocycles. The third-order valence-corrected chi connectivity index (χ3v) is 3.17. The van der Waals surface area contributed by atoms with Gasteiger partial charge in [-0.1, -0.05) is 42.5 Å². The van der Waals surface area contributed by atoms with E-state index in [0.29, 0.717) is 19.0 Å². The molecule has 1 aromatic heterocycles. The third kappa shape index (κ3) is 2.75. The van der Waals surface area contributed by atoms with Gasteiger partial charge < -0.3 is 11.1 Å². The Morgan fingerprint density at radius 1 is 1.00 bits per heavy atom. The molecule has 0 saturated heterocycles. The van der Waals surface area contributed by atoms with E-state index in [4.69, 9.17) is 5.73 Å². The van der Waals surface area contributed by atoms with Crippen LogP contribution in [0.3, 0.4) is 0 Å². The Balaban J connectivity index is 1.76. The molecule has 2 aromatic carbocycles. The van der Waals surface area contributed by atoms with Crippen LogP contribution in [0.2, 0.25) is 0 Å². The van der Waals surface area contributed by atoms with Gasteiger partial charge in [0.25, 0.3) is 0 Å². The Hall–Kier alpha value is -2.46. The first-order valence-corrected chi connectivity index (χ1v) is 6.59. The number of benzene rings is 2. The summed E-state index contributed by atoms with van der Waals surface area (Å²) in [5.41, 5.74) is 8.89. The lowest BCUT2D eigenvalue weighted by atomic mass is 10.1. The highest BCUT2D eigenvalue weighted by Crippen LogP contribution is 2.12. The van der Waals surface area contributed by atoms with E-state index < -0.39 is 0 Å². The van der Waals surface area contributed by atoms with Crippen molar-refractivity contribution in [2.75, 3.05) is 5.32 Å². The molecule has 0 bridgehead atoms. The monoisotopic (exact) mass is 264 g/mol. The van der Waals surface area contributed by atoms with Crippen LogP contribution in [0.15, 0.2) is 54.7 Å². The van der Waals surface area contributed by atoms with Crippen LogP contribution in [-0.2, 0) is 13.1 Å². The first-order valence-electron chi connectivity index (χ1n) is 6.59. The van der Waals surface area contributed by atoms with Gasteiger partial charge in [0.05, 0.1) is 5.52 Å². The van der Waals surface area contributed by atoms with Gasteiger partial charge in [-0.25, -0.2) is 9.97 Å². The fourth-order valence-electron chi connectivity index (χ4n) is 2.11. The van der Waals surface area contributed by atoms with Gasteiger partial charge in [-0.2, -0.15) is 0 Å². The summed E-state index contributed by atoms with van der Waals surface area (Å²) < 4.78 is 0. The summed E-state index contributed by atoms with van der Waals surface area (Å²) in [4.78, 5) is 8.80. The Bertz CT molecular complexity index is 724. The van der Waals surface area contributed by atoms with E-state index in [1.54, 1.807) is 0 Å². The molecule has 0 aliphatic carbocycles. The Morgan fingerprint density at radius 2 is 1.85 bits per heavy atom. The van der Waals surface area contributed by atoms with Crippen molar-refractivity contribution in [2.45, 2.75) is 13.1 Å². The van der Waals surface area contributed by atoms with Gasteiger partial charge in [-0.15, -0.1) is 0 Å². The van der Waals surface area contributed by atoms with Crippen molar-refractivity contribution >= 4 is 16.9 Å². The number of rotatable bonds is 4. The van der Waals surface area contributed by atoms with Crippen molar-refractivity contribution in [2.24, 2.45) is 5.73 Å². The topological polar surface area (TPSA) is 63.8 Å². The fourth-order valence-corrected chi connectivity index (χ4v) is 2.11. The minimum Gasteiger partial charge on any atom is -0.350 e. The second kappa shape index (κ2) is 5.67. The summed E-state index contributed by atoms with van der Waals surface area (Å²) in [6.45, 7) is 1.24. The van der Waals surface area contributed by atoms with Crippen LogP contribution < -0.4 is 11.1 Å². The maximum Gasteiger partial charge on any atom is 0.223 e. The SMILES string of the molecule is NCc1cccc(CNc2ncc3ccccc3n2)c1. The molecule has 0 aliphatic heterocycles. The molecule has 0 saturated carbocycles. The first kappa shape index (κ1) is 12.6. The van der Waals surface area contributed by atoms with Crippen molar-refractivity contribution in [1.82, 2.24) is 9.97 Å². The van der Waals surface area contributed by atoms with Gasteiger partial charge in [-0.3, -0.25) is 0 Å². The van der Waals surface area contributed by atoms with Crippen molar-refractivity contribution in [3.63, 3.8) is 0 Å². The number of hydrogen-bond donors (Lipinski definition) is 2. The molecule has 0 aliphatic rings. The van der Waals surface area contributed by atoms with Gasteiger partial charge in [0.1, 0.15) is 0 Å². The Morgan fingerprint density at radius 3 is 2.75 bits per heavy atom. The van der Waals surface area contributed by atoms with Crippen LogP contribution in [0.4, 0.5) is 5.95 Å². The summed E-state index contributed by atoms with van der Waals surface area (Å²) in [5, 5.41) is 4.29. The molecule has 0 unspecified atom stereocenters. The highest BCUT2D eigenvalue weighted by atomic mass is 15.1. The number of nitrogens with one attached hydrogen (secondary N) is 1. The van der Waals surface area contributed by atoms with Crippen LogP contribution in [0.5, 0.6) is 0 Å². The molecule has 0 atom stereocenters. The predicted molar refractivity (Wildman–Crippen MR) is 81.2 cm³/mol. The average molecular weight is 264 g/mol. The largest absolute Gasteiger partial charge is 0.350 e. The number of para-hydroxylation sites is 1. The molecule has 0 radical (unpaired) electrons. The third-order valence-electron chi connectivity index (χ3n) is 3.17. The average Bonchev–Trinajstić information content (AvgIpc) is 2.53. The quantitative estimate of drug-likeness (QED) is 0.760. The molecular weight excluding hydrogens is 248 g/mol. The van der Waals surface area contributed by atoms with Crippen LogP contribution in [0.1, 0.15) is 11.1 Å². The number of aromatic nitrogens is 2. The Labute approximate surface area is 117 Å². The van der Waals surface area contributed by atoms with Crippen LogP contribution in [0.25, 0.3) is 10.9 Å². The van der Waals surface area contributed by atoms with Gasteiger partial charge in [0.2, 0.25) is 5.95 Å². The minimum atomic E-state index is 0.556. The molecule has 4 nitrogen and oxygen atoms in total. The zero-order chi connectivity index (χ0) is 13.8. The van der Waals surface area contributed by atoms with Crippen molar-refractivity contribution in [3.8, 4) is 0 Å². The highest BCUT2D eigenvalue weighted by Gasteiger charge is 2.00. The zero-order valence-corrected chi connectivity index (χ0v) is 11.1. The summed E-state index contributed by atoms with van der Waals surface area (Å²) >= 11 is 0.